The molecule has 1 aliphatic heterocycles. The van der Waals surface area contributed by atoms with Gasteiger partial charge < -0.3 is 5.32 Å². The van der Waals surface area contributed by atoms with Crippen LogP contribution in [-0.2, 0) is 0 Å². The number of hydrogen-bond donors (Lipinski definition) is 1. The van der Waals surface area contributed by atoms with Crippen LogP contribution in [0.5, 0.6) is 0 Å². The van der Waals surface area contributed by atoms with Gasteiger partial charge in [-0.25, -0.2) is 0 Å². The second-order valence-corrected chi connectivity index (χ2v) is 3.67. The maximum Gasteiger partial charge on any atom is 0.261 e. The highest BCUT2D eigenvalue weighted by Gasteiger charge is 2.31. The van der Waals surface area contributed by atoms with Crippen molar-refractivity contribution in [3.63, 3.8) is 0 Å². The summed E-state index contributed by atoms with van der Waals surface area (Å²) in [6.07, 6.45) is 0. The van der Waals surface area contributed by atoms with Crippen molar-refractivity contribution in [1.82, 2.24) is 10.2 Å². The van der Waals surface area contributed by atoms with E-state index in [0.29, 0.717) is 11.1 Å². The van der Waals surface area contributed by atoms with Gasteiger partial charge in [-0.3, -0.25) is 14.5 Å². The van der Waals surface area contributed by atoms with E-state index in [9.17, 15) is 9.59 Å². The van der Waals surface area contributed by atoms with Crippen molar-refractivity contribution in [1.29, 1.82) is 0 Å². The van der Waals surface area contributed by atoms with Crippen LogP contribution in [0.4, 0.5) is 0 Å². The molecule has 0 aromatic heterocycles. The molecule has 0 bridgehead atoms. The molecule has 1 aromatic carbocycles. The van der Waals surface area contributed by atoms with Crippen molar-refractivity contribution in [2.45, 2.75) is 13.8 Å². The van der Waals surface area contributed by atoms with Gasteiger partial charge >= 0.3 is 0 Å². The standard InChI is InChI=1S/C9H7NO2.C4H11N/c1-10-8(11)6-4-2-3-5-7(6)9(10)12;1-3-5-4-2/h2-5H,1H3;5H,3-4H2,1-2H3. The van der Waals surface area contributed by atoms with Crippen molar-refractivity contribution >= 4 is 11.8 Å². The van der Waals surface area contributed by atoms with Gasteiger partial charge in [-0.15, -0.1) is 0 Å². The lowest BCUT2D eigenvalue weighted by Crippen LogP contribution is -2.24. The maximum atomic E-state index is 11.3. The highest BCUT2D eigenvalue weighted by atomic mass is 16.2. The Morgan fingerprint density at radius 2 is 1.41 bits per heavy atom. The van der Waals surface area contributed by atoms with E-state index in [-0.39, 0.29) is 11.8 Å². The smallest absolute Gasteiger partial charge is 0.261 e. The molecule has 0 fully saturated rings. The first-order chi connectivity index (χ1) is 8.13. The highest BCUT2D eigenvalue weighted by molar-refractivity contribution is 6.21. The molecule has 0 saturated heterocycles. The van der Waals surface area contributed by atoms with Gasteiger partial charge in [0.1, 0.15) is 0 Å². The summed E-state index contributed by atoms with van der Waals surface area (Å²) < 4.78 is 0. The Bertz CT molecular complexity index is 379. The van der Waals surface area contributed by atoms with Gasteiger partial charge in [0.15, 0.2) is 0 Å². The van der Waals surface area contributed by atoms with Crippen molar-refractivity contribution in [3.05, 3.63) is 35.4 Å². The quantitative estimate of drug-likeness (QED) is 0.789. The van der Waals surface area contributed by atoms with Crippen LogP contribution in [0.2, 0.25) is 0 Å². The van der Waals surface area contributed by atoms with Crippen LogP contribution >= 0.6 is 0 Å². The number of fused-ring (bicyclic) bond motifs is 1. The molecule has 0 atom stereocenters. The highest BCUT2D eigenvalue weighted by Crippen LogP contribution is 2.20. The van der Waals surface area contributed by atoms with E-state index in [0.717, 1.165) is 18.0 Å². The first kappa shape index (κ1) is 13.4. The van der Waals surface area contributed by atoms with Gasteiger partial charge in [0, 0.05) is 7.05 Å². The fourth-order valence-electron chi connectivity index (χ4n) is 1.56. The summed E-state index contributed by atoms with van der Waals surface area (Å²) in [5.74, 6) is -0.425. The molecular weight excluding hydrogens is 216 g/mol. The molecule has 4 heteroatoms. The molecule has 1 N–H and O–H groups in total. The predicted octanol–water partition coefficient (Wildman–Crippen LogP) is 1.53. The lowest BCUT2D eigenvalue weighted by Gasteiger charge is -2.02. The van der Waals surface area contributed by atoms with Crippen LogP contribution in [0.15, 0.2) is 24.3 Å². The lowest BCUT2D eigenvalue weighted by molar-refractivity contribution is 0.0693. The zero-order valence-corrected chi connectivity index (χ0v) is 10.5. The zero-order chi connectivity index (χ0) is 12.8. The maximum absolute atomic E-state index is 11.3. The van der Waals surface area contributed by atoms with E-state index < -0.39 is 0 Å². The Morgan fingerprint density at radius 3 is 1.71 bits per heavy atom. The molecule has 2 amide bonds. The lowest BCUT2D eigenvalue weighted by atomic mass is 10.1. The number of rotatable bonds is 2. The van der Waals surface area contributed by atoms with Crippen molar-refractivity contribution in [3.8, 4) is 0 Å². The number of hydrogen-bond acceptors (Lipinski definition) is 3. The van der Waals surface area contributed by atoms with E-state index in [1.165, 1.54) is 7.05 Å². The molecule has 1 heterocycles. The Hall–Kier alpha value is -1.68. The minimum atomic E-state index is -0.212. The molecule has 0 spiro atoms. The number of nitrogens with zero attached hydrogens (tertiary/aromatic N) is 1. The molecule has 92 valence electrons. The summed E-state index contributed by atoms with van der Waals surface area (Å²) in [6, 6.07) is 6.84. The van der Waals surface area contributed by atoms with E-state index in [2.05, 4.69) is 19.2 Å². The summed E-state index contributed by atoms with van der Waals surface area (Å²) in [7, 11) is 1.49. The van der Waals surface area contributed by atoms with Crippen molar-refractivity contribution in [2.24, 2.45) is 0 Å². The minimum absolute atomic E-state index is 0.212. The number of carbonyl (C=O) groups is 2. The van der Waals surface area contributed by atoms with Gasteiger partial charge in [-0.2, -0.15) is 0 Å². The number of nitrogens with one attached hydrogen (secondary N) is 1. The second-order valence-electron chi connectivity index (χ2n) is 3.67. The fourth-order valence-corrected chi connectivity index (χ4v) is 1.56. The van der Waals surface area contributed by atoms with Crippen LogP contribution in [-0.4, -0.2) is 36.9 Å². The molecule has 0 aliphatic carbocycles. The first-order valence-electron chi connectivity index (χ1n) is 5.75. The van der Waals surface area contributed by atoms with Gasteiger partial charge in [0.05, 0.1) is 11.1 Å². The predicted molar refractivity (Wildman–Crippen MR) is 67.1 cm³/mol. The van der Waals surface area contributed by atoms with E-state index >= 15 is 0 Å². The molecule has 0 saturated carbocycles. The first-order valence-corrected chi connectivity index (χ1v) is 5.75. The van der Waals surface area contributed by atoms with Crippen LogP contribution < -0.4 is 5.32 Å². The van der Waals surface area contributed by atoms with Gasteiger partial charge in [0.25, 0.3) is 11.8 Å². The largest absolute Gasteiger partial charge is 0.317 e. The normalized spacial score (nSPS) is 13.2. The van der Waals surface area contributed by atoms with E-state index in [1.54, 1.807) is 24.3 Å². The molecule has 0 unspecified atom stereocenters. The van der Waals surface area contributed by atoms with Gasteiger partial charge in [0.2, 0.25) is 0 Å². The molecule has 0 radical (unpaired) electrons. The summed E-state index contributed by atoms with van der Waals surface area (Å²) in [5, 5.41) is 3.11. The summed E-state index contributed by atoms with van der Waals surface area (Å²) in [4.78, 5) is 23.8. The number of benzene rings is 1. The summed E-state index contributed by atoms with van der Waals surface area (Å²) in [5.41, 5.74) is 1.01. The fraction of sp³-hybridized carbons (Fsp3) is 0.385. The Morgan fingerprint density at radius 1 is 1.00 bits per heavy atom. The Labute approximate surface area is 102 Å². The third-order valence-electron chi connectivity index (χ3n) is 2.50. The monoisotopic (exact) mass is 234 g/mol. The third-order valence-corrected chi connectivity index (χ3v) is 2.50. The van der Waals surface area contributed by atoms with Crippen LogP contribution in [0.1, 0.15) is 34.6 Å². The summed E-state index contributed by atoms with van der Waals surface area (Å²) >= 11 is 0. The third kappa shape index (κ3) is 2.91. The van der Waals surface area contributed by atoms with E-state index in [4.69, 9.17) is 0 Å². The minimum Gasteiger partial charge on any atom is -0.317 e. The zero-order valence-electron chi connectivity index (χ0n) is 10.5. The number of imide groups is 1. The van der Waals surface area contributed by atoms with Crippen molar-refractivity contribution < 1.29 is 9.59 Å². The Balaban J connectivity index is 0.000000249. The average molecular weight is 234 g/mol. The Kier molecular flexibility index (Phi) is 4.84. The van der Waals surface area contributed by atoms with Crippen LogP contribution in [0.3, 0.4) is 0 Å². The molecule has 17 heavy (non-hydrogen) atoms. The van der Waals surface area contributed by atoms with Crippen LogP contribution in [0, 0.1) is 0 Å². The molecular formula is C13H18N2O2. The molecule has 4 nitrogen and oxygen atoms in total. The number of amides is 2. The molecule has 2 rings (SSSR count). The summed E-state index contributed by atoms with van der Waals surface area (Å²) in [6.45, 7) is 6.39. The molecule has 1 aliphatic rings. The van der Waals surface area contributed by atoms with Gasteiger partial charge in [-0.1, -0.05) is 26.0 Å². The van der Waals surface area contributed by atoms with Gasteiger partial charge in [-0.05, 0) is 25.2 Å². The second kappa shape index (κ2) is 6.15. The van der Waals surface area contributed by atoms with E-state index in [1.807, 2.05) is 0 Å². The van der Waals surface area contributed by atoms with Crippen molar-refractivity contribution in [2.75, 3.05) is 20.1 Å². The SMILES string of the molecule is CCNCC.CN1C(=O)c2ccccc2C1=O. The average Bonchev–Trinajstić information content (AvgIpc) is 2.57. The molecule has 1 aromatic rings. The topological polar surface area (TPSA) is 49.4 Å². The number of carbonyl (C=O) groups excluding carboxylic acids is 2. The van der Waals surface area contributed by atoms with Crippen LogP contribution in [0.25, 0.3) is 0 Å².